The third-order valence-corrected chi connectivity index (χ3v) is 2.72. The molecule has 0 saturated carbocycles. The van der Waals surface area contributed by atoms with Crippen molar-refractivity contribution in [2.24, 2.45) is 0 Å². The normalized spacial score (nSPS) is 10.0. The lowest BCUT2D eigenvalue weighted by atomic mass is 10.1. The molecule has 2 aromatic carbocycles. The summed E-state index contributed by atoms with van der Waals surface area (Å²) in [6.45, 7) is 0. The Morgan fingerprint density at radius 2 is 1.63 bits per heavy atom. The molecule has 0 saturated heterocycles. The monoisotopic (exact) mass is 260 g/mol. The summed E-state index contributed by atoms with van der Waals surface area (Å²) in [4.78, 5) is 1.31. The minimum Gasteiger partial charge on any atom is -0.508 e. The lowest BCUT2D eigenvalue weighted by Crippen LogP contribution is -2.13. The Morgan fingerprint density at radius 3 is 2.11 bits per heavy atom. The minimum atomic E-state index is -0.813. The third kappa shape index (κ3) is 2.47. The zero-order valence-electron chi connectivity index (χ0n) is 10.1. The van der Waals surface area contributed by atoms with Gasteiger partial charge in [-0.1, -0.05) is 0 Å². The summed E-state index contributed by atoms with van der Waals surface area (Å²) in [6, 6.07) is 9.57. The zero-order chi connectivity index (χ0) is 14.0. The van der Waals surface area contributed by atoms with E-state index in [0.717, 1.165) is 12.1 Å². The summed E-state index contributed by atoms with van der Waals surface area (Å²) in [7, 11) is 1.50. The predicted molar refractivity (Wildman–Crippen MR) is 67.2 cm³/mol. The van der Waals surface area contributed by atoms with E-state index in [1.54, 1.807) is 6.07 Å². The molecule has 0 fully saturated rings. The number of hydrogen-bond donors (Lipinski definition) is 1. The maximum atomic E-state index is 13.8. The summed E-state index contributed by atoms with van der Waals surface area (Å²) in [5.41, 5.74) is 0.197. The van der Waals surface area contributed by atoms with Crippen molar-refractivity contribution in [3.63, 3.8) is 0 Å². The van der Waals surface area contributed by atoms with Crippen molar-refractivity contribution < 1.29 is 13.9 Å². The molecule has 0 atom stereocenters. The largest absolute Gasteiger partial charge is 0.508 e. The predicted octanol–water partition coefficient (Wildman–Crippen LogP) is 3.31. The Hall–Kier alpha value is -2.61. The number of halogens is 2. The Bertz CT molecular complexity index is 624. The van der Waals surface area contributed by atoms with Crippen LogP contribution in [0.2, 0.25) is 0 Å². The van der Waals surface area contributed by atoms with Gasteiger partial charge >= 0.3 is 0 Å². The first-order chi connectivity index (χ1) is 9.02. The van der Waals surface area contributed by atoms with Gasteiger partial charge < -0.3 is 10.0 Å². The van der Waals surface area contributed by atoms with Crippen molar-refractivity contribution in [2.75, 3.05) is 11.9 Å². The van der Waals surface area contributed by atoms with Crippen LogP contribution < -0.4 is 4.90 Å². The van der Waals surface area contributed by atoms with Crippen LogP contribution in [0.3, 0.4) is 0 Å². The molecule has 0 heterocycles. The molecule has 0 aliphatic carbocycles. The van der Waals surface area contributed by atoms with E-state index in [0.29, 0.717) is 5.69 Å². The number of phenolic OH excluding ortho intramolecular Hbond substituents is 1. The Labute approximate surface area is 108 Å². The van der Waals surface area contributed by atoms with Crippen LogP contribution in [0.1, 0.15) is 5.56 Å². The van der Waals surface area contributed by atoms with Crippen LogP contribution in [0, 0.1) is 23.0 Å². The first-order valence-corrected chi connectivity index (χ1v) is 5.45. The van der Waals surface area contributed by atoms with Crippen LogP contribution in [-0.4, -0.2) is 12.2 Å². The number of hydrogen-bond acceptors (Lipinski definition) is 3. The van der Waals surface area contributed by atoms with Crippen molar-refractivity contribution in [2.45, 2.75) is 0 Å². The highest BCUT2D eigenvalue weighted by molar-refractivity contribution is 5.65. The van der Waals surface area contributed by atoms with Crippen LogP contribution >= 0.6 is 0 Å². The topological polar surface area (TPSA) is 47.3 Å². The fourth-order valence-corrected chi connectivity index (χ4v) is 1.76. The van der Waals surface area contributed by atoms with Gasteiger partial charge in [0.15, 0.2) is 11.6 Å². The molecule has 3 nitrogen and oxygen atoms in total. The highest BCUT2D eigenvalue weighted by Gasteiger charge is 2.16. The van der Waals surface area contributed by atoms with Gasteiger partial charge in [-0.2, -0.15) is 5.26 Å². The van der Waals surface area contributed by atoms with Crippen molar-refractivity contribution in [3.05, 3.63) is 53.6 Å². The molecule has 0 aliphatic heterocycles. The summed E-state index contributed by atoms with van der Waals surface area (Å²) in [5, 5.41) is 17.8. The van der Waals surface area contributed by atoms with Crippen LogP contribution in [0.25, 0.3) is 0 Å². The Balaban J connectivity index is 2.47. The molecule has 1 N–H and O–H groups in total. The molecule has 0 spiro atoms. The van der Waals surface area contributed by atoms with Gasteiger partial charge in [-0.15, -0.1) is 0 Å². The van der Waals surface area contributed by atoms with Crippen LogP contribution in [0.15, 0.2) is 36.4 Å². The van der Waals surface area contributed by atoms with E-state index in [4.69, 9.17) is 5.26 Å². The number of benzene rings is 2. The fraction of sp³-hybridized carbons (Fsp3) is 0.0714. The smallest absolute Gasteiger partial charge is 0.151 e. The second-order valence-corrected chi connectivity index (χ2v) is 3.98. The molecular formula is C14H10F2N2O. The molecular weight excluding hydrogens is 250 g/mol. The van der Waals surface area contributed by atoms with Gasteiger partial charge in [0.05, 0.1) is 11.6 Å². The third-order valence-electron chi connectivity index (χ3n) is 2.72. The van der Waals surface area contributed by atoms with Gasteiger partial charge in [0.1, 0.15) is 11.4 Å². The summed E-state index contributed by atoms with van der Waals surface area (Å²) < 4.78 is 27.7. The summed E-state index contributed by atoms with van der Waals surface area (Å²) in [6.07, 6.45) is 0. The zero-order valence-corrected chi connectivity index (χ0v) is 10.1. The van der Waals surface area contributed by atoms with Crippen molar-refractivity contribution in [1.29, 1.82) is 5.26 Å². The van der Waals surface area contributed by atoms with Crippen molar-refractivity contribution in [1.82, 2.24) is 0 Å². The van der Waals surface area contributed by atoms with Gasteiger partial charge in [0.2, 0.25) is 0 Å². The quantitative estimate of drug-likeness (QED) is 0.901. The molecule has 2 rings (SSSR count). The van der Waals surface area contributed by atoms with Crippen LogP contribution in [-0.2, 0) is 0 Å². The van der Waals surface area contributed by atoms with Gasteiger partial charge in [-0.25, -0.2) is 8.78 Å². The average Bonchev–Trinajstić information content (AvgIpc) is 2.38. The average molecular weight is 260 g/mol. The highest BCUT2D eigenvalue weighted by Crippen LogP contribution is 2.30. The molecule has 2 aromatic rings. The second kappa shape index (κ2) is 4.94. The molecule has 0 amide bonds. The van der Waals surface area contributed by atoms with Crippen LogP contribution in [0.4, 0.5) is 20.2 Å². The maximum Gasteiger partial charge on any atom is 0.151 e. The number of anilines is 2. The maximum absolute atomic E-state index is 13.8. The van der Waals surface area contributed by atoms with E-state index >= 15 is 0 Å². The Kier molecular flexibility index (Phi) is 3.34. The Morgan fingerprint density at radius 1 is 1.11 bits per heavy atom. The minimum absolute atomic E-state index is 0.0675. The molecule has 0 bridgehead atoms. The number of aromatic hydroxyl groups is 1. The van der Waals surface area contributed by atoms with E-state index in [-0.39, 0.29) is 17.0 Å². The highest BCUT2D eigenvalue weighted by atomic mass is 19.1. The standard InChI is InChI=1S/C14H10F2N2O/c1-18(10-2-4-11(19)5-3-10)14-12(15)6-9(8-17)7-13(14)16/h2-7,19H,1H3. The van der Waals surface area contributed by atoms with Gasteiger partial charge in [-0.05, 0) is 36.4 Å². The van der Waals surface area contributed by atoms with E-state index in [1.165, 1.54) is 36.2 Å². The van der Waals surface area contributed by atoms with Gasteiger partial charge in [0.25, 0.3) is 0 Å². The second-order valence-electron chi connectivity index (χ2n) is 3.98. The number of rotatable bonds is 2. The fourth-order valence-electron chi connectivity index (χ4n) is 1.76. The number of nitrogens with zero attached hydrogens (tertiary/aromatic N) is 2. The van der Waals surface area contributed by atoms with E-state index < -0.39 is 11.6 Å². The SMILES string of the molecule is CN(c1ccc(O)cc1)c1c(F)cc(C#N)cc1F. The van der Waals surface area contributed by atoms with Crippen molar-refractivity contribution in [3.8, 4) is 11.8 Å². The van der Waals surface area contributed by atoms with Crippen molar-refractivity contribution >= 4 is 11.4 Å². The van der Waals surface area contributed by atoms with E-state index in [2.05, 4.69) is 0 Å². The van der Waals surface area contributed by atoms with E-state index in [9.17, 15) is 13.9 Å². The van der Waals surface area contributed by atoms with Gasteiger partial charge in [0, 0.05) is 12.7 Å². The van der Waals surface area contributed by atoms with Crippen LogP contribution in [0.5, 0.6) is 5.75 Å². The molecule has 0 aromatic heterocycles. The first-order valence-electron chi connectivity index (χ1n) is 5.45. The first kappa shape index (κ1) is 12.8. The summed E-state index contributed by atoms with van der Waals surface area (Å²) >= 11 is 0. The molecule has 0 unspecified atom stereocenters. The lowest BCUT2D eigenvalue weighted by Gasteiger charge is -2.20. The molecule has 96 valence electrons. The van der Waals surface area contributed by atoms with Gasteiger partial charge in [-0.3, -0.25) is 0 Å². The summed E-state index contributed by atoms with van der Waals surface area (Å²) in [5.74, 6) is -1.56. The molecule has 5 heteroatoms. The number of phenols is 1. The van der Waals surface area contributed by atoms with E-state index in [1.807, 2.05) is 0 Å². The number of nitriles is 1. The molecule has 19 heavy (non-hydrogen) atoms. The lowest BCUT2D eigenvalue weighted by molar-refractivity contribution is 0.475. The molecule has 0 radical (unpaired) electrons. The molecule has 0 aliphatic rings.